The molecule has 2 aromatic rings. The van der Waals surface area contributed by atoms with Gasteiger partial charge in [0.2, 0.25) is 0 Å². The lowest BCUT2D eigenvalue weighted by atomic mass is 9.96. The molecule has 0 bridgehead atoms. The van der Waals surface area contributed by atoms with Crippen LogP contribution < -0.4 is 9.64 Å². The fourth-order valence-corrected chi connectivity index (χ4v) is 6.70. The van der Waals surface area contributed by atoms with E-state index in [2.05, 4.69) is 29.2 Å². The lowest BCUT2D eigenvalue weighted by molar-refractivity contribution is -0.147. The number of fused-ring (bicyclic) bond motifs is 3. The summed E-state index contributed by atoms with van der Waals surface area (Å²) in [5, 5.41) is 0. The summed E-state index contributed by atoms with van der Waals surface area (Å²) in [5.74, 6) is 0.576. The third-order valence-electron chi connectivity index (χ3n) is 6.92. The summed E-state index contributed by atoms with van der Waals surface area (Å²) in [6.45, 7) is 1.63. The van der Waals surface area contributed by atoms with Gasteiger partial charge in [0.1, 0.15) is 16.1 Å². The molecule has 176 valence electrons. The van der Waals surface area contributed by atoms with Gasteiger partial charge in [0.15, 0.2) is 0 Å². The van der Waals surface area contributed by atoms with Crippen LogP contribution in [0.3, 0.4) is 0 Å². The number of carbonyl (C=O) groups is 2. The molecule has 3 atom stereocenters. The average Bonchev–Trinajstić information content (AvgIpc) is 3.51. The Morgan fingerprint density at radius 3 is 2.65 bits per heavy atom. The van der Waals surface area contributed by atoms with E-state index >= 15 is 0 Å². The minimum absolute atomic E-state index is 0.257. The highest BCUT2D eigenvalue weighted by atomic mass is 32.2. The van der Waals surface area contributed by atoms with Gasteiger partial charge in [0.05, 0.1) is 19.1 Å². The number of methoxy groups -OCH3 is 2. The van der Waals surface area contributed by atoms with Crippen LogP contribution >= 0.6 is 24.0 Å². The van der Waals surface area contributed by atoms with Crippen LogP contribution in [-0.2, 0) is 14.3 Å². The zero-order valence-corrected chi connectivity index (χ0v) is 20.9. The van der Waals surface area contributed by atoms with E-state index in [0.29, 0.717) is 21.2 Å². The van der Waals surface area contributed by atoms with Crippen LogP contribution in [0.2, 0.25) is 0 Å². The van der Waals surface area contributed by atoms with Crippen LogP contribution in [-0.4, -0.2) is 47.4 Å². The van der Waals surface area contributed by atoms with Gasteiger partial charge in [0, 0.05) is 23.3 Å². The average molecular weight is 495 g/mol. The summed E-state index contributed by atoms with van der Waals surface area (Å²) >= 11 is 6.61. The van der Waals surface area contributed by atoms with Gasteiger partial charge in [-0.05, 0) is 73.4 Å². The molecule has 0 aromatic heterocycles. The van der Waals surface area contributed by atoms with Crippen molar-refractivity contribution in [3.8, 4) is 5.75 Å². The molecular weight excluding hydrogens is 468 g/mol. The Kier molecular flexibility index (Phi) is 6.12. The molecule has 0 radical (unpaired) electrons. The summed E-state index contributed by atoms with van der Waals surface area (Å²) < 4.78 is 10.5. The van der Waals surface area contributed by atoms with Crippen LogP contribution in [0.15, 0.2) is 47.4 Å². The zero-order chi connectivity index (χ0) is 24.0. The second-order valence-electron chi connectivity index (χ2n) is 8.74. The maximum absolute atomic E-state index is 13.0. The predicted octanol–water partition coefficient (Wildman–Crippen LogP) is 5.25. The maximum Gasteiger partial charge on any atom is 0.328 e. The minimum atomic E-state index is -0.749. The number of nitrogens with zero attached hydrogens (tertiary/aromatic N) is 2. The molecule has 5 rings (SSSR count). The van der Waals surface area contributed by atoms with Crippen LogP contribution in [0.5, 0.6) is 5.75 Å². The Hall–Kier alpha value is -2.84. The van der Waals surface area contributed by atoms with Crippen molar-refractivity contribution in [1.29, 1.82) is 0 Å². The molecule has 3 unspecified atom stereocenters. The van der Waals surface area contributed by atoms with Gasteiger partial charge in [-0.1, -0.05) is 36.5 Å². The molecule has 1 saturated carbocycles. The summed E-state index contributed by atoms with van der Waals surface area (Å²) in [7, 11) is 2.99. The topological polar surface area (TPSA) is 59.1 Å². The molecule has 0 N–H and O–H groups in total. The first-order valence-electron chi connectivity index (χ1n) is 11.3. The van der Waals surface area contributed by atoms with Gasteiger partial charge in [-0.15, -0.1) is 0 Å². The molecule has 2 heterocycles. The molecule has 34 heavy (non-hydrogen) atoms. The molecule has 1 aliphatic carbocycles. The van der Waals surface area contributed by atoms with Crippen LogP contribution in [0.25, 0.3) is 6.08 Å². The Balaban J connectivity index is 1.46. The van der Waals surface area contributed by atoms with Crippen molar-refractivity contribution in [3.05, 3.63) is 58.5 Å². The van der Waals surface area contributed by atoms with Crippen LogP contribution in [0, 0.1) is 0 Å². The van der Waals surface area contributed by atoms with Crippen molar-refractivity contribution in [1.82, 2.24) is 4.90 Å². The van der Waals surface area contributed by atoms with Gasteiger partial charge in [-0.3, -0.25) is 9.69 Å². The van der Waals surface area contributed by atoms with Crippen LogP contribution in [0.4, 0.5) is 11.4 Å². The van der Waals surface area contributed by atoms with Crippen molar-refractivity contribution < 1.29 is 19.1 Å². The number of ether oxygens (including phenoxy) is 2. The Labute approximate surface area is 208 Å². The number of esters is 1. The van der Waals surface area contributed by atoms with Crippen molar-refractivity contribution in [3.63, 3.8) is 0 Å². The van der Waals surface area contributed by atoms with E-state index in [1.54, 1.807) is 14.0 Å². The number of carbonyl (C=O) groups excluding carboxylic acids is 2. The van der Waals surface area contributed by atoms with Gasteiger partial charge in [-0.25, -0.2) is 4.79 Å². The van der Waals surface area contributed by atoms with Gasteiger partial charge in [-0.2, -0.15) is 0 Å². The first kappa shape index (κ1) is 22.9. The summed E-state index contributed by atoms with van der Waals surface area (Å²) in [4.78, 5) is 29.3. The summed E-state index contributed by atoms with van der Waals surface area (Å²) in [6.07, 6.45) is 5.40. The van der Waals surface area contributed by atoms with E-state index in [4.69, 9.17) is 21.7 Å². The molecule has 1 amide bonds. The van der Waals surface area contributed by atoms with Gasteiger partial charge in [0.25, 0.3) is 5.91 Å². The number of amides is 1. The number of hydrogen-bond acceptors (Lipinski definition) is 7. The van der Waals surface area contributed by atoms with Crippen LogP contribution in [0.1, 0.15) is 43.2 Å². The molecule has 0 spiro atoms. The van der Waals surface area contributed by atoms with Crippen molar-refractivity contribution >= 4 is 57.6 Å². The van der Waals surface area contributed by atoms with Crippen molar-refractivity contribution in [2.24, 2.45) is 0 Å². The monoisotopic (exact) mass is 494 g/mol. The summed E-state index contributed by atoms with van der Waals surface area (Å²) in [5.41, 5.74) is 4.68. The highest BCUT2D eigenvalue weighted by molar-refractivity contribution is 8.26. The van der Waals surface area contributed by atoms with E-state index in [0.717, 1.165) is 24.2 Å². The van der Waals surface area contributed by atoms with Gasteiger partial charge < -0.3 is 14.4 Å². The quantitative estimate of drug-likeness (QED) is 0.320. The first-order valence-corrected chi connectivity index (χ1v) is 12.6. The number of hydrogen-bond donors (Lipinski definition) is 0. The van der Waals surface area contributed by atoms with E-state index < -0.39 is 12.0 Å². The summed E-state index contributed by atoms with van der Waals surface area (Å²) in [6, 6.07) is 14.3. The fourth-order valence-electron chi connectivity index (χ4n) is 5.28. The largest absolute Gasteiger partial charge is 0.497 e. The first-order chi connectivity index (χ1) is 16.4. The smallest absolute Gasteiger partial charge is 0.328 e. The number of thiocarbonyl (C=S) groups is 1. The molecule has 8 heteroatoms. The van der Waals surface area contributed by atoms with E-state index in [9.17, 15) is 9.59 Å². The molecule has 2 fully saturated rings. The molecule has 3 aliphatic rings. The molecule has 1 saturated heterocycles. The highest BCUT2D eigenvalue weighted by Crippen LogP contribution is 2.52. The Morgan fingerprint density at radius 1 is 1.18 bits per heavy atom. The predicted molar refractivity (Wildman–Crippen MR) is 138 cm³/mol. The number of benzene rings is 2. The van der Waals surface area contributed by atoms with E-state index in [1.165, 1.54) is 47.1 Å². The lowest BCUT2D eigenvalue weighted by Crippen LogP contribution is -2.42. The number of thioether (sulfide) groups is 1. The highest BCUT2D eigenvalue weighted by Gasteiger charge is 2.42. The lowest BCUT2D eigenvalue weighted by Gasteiger charge is -2.27. The molecule has 2 aromatic carbocycles. The standard InChI is InChI=1S/C26H26N2O4S2/c1-15(25(30)32-3)27-24(29)23(34-26(27)33)14-16-7-12-22-20(13-16)19-5-4-6-21(19)28(22)17-8-10-18(31-2)11-9-17/h7-15,19,21H,4-6H2,1-3H3/b23-14+. The Bertz CT molecular complexity index is 1190. The van der Waals surface area contributed by atoms with E-state index in [1.807, 2.05) is 24.3 Å². The minimum Gasteiger partial charge on any atom is -0.497 e. The fraction of sp³-hybridized carbons (Fsp3) is 0.346. The SMILES string of the molecule is COC(=O)C(C)N1C(=O)/C(=C\c2ccc3c(c2)C2CCCC2N3c2ccc(OC)cc2)SC1=S. The van der Waals surface area contributed by atoms with Crippen molar-refractivity contribution in [2.75, 3.05) is 19.1 Å². The van der Waals surface area contributed by atoms with Gasteiger partial charge >= 0.3 is 5.97 Å². The van der Waals surface area contributed by atoms with Crippen molar-refractivity contribution in [2.45, 2.75) is 44.2 Å². The number of rotatable bonds is 5. The zero-order valence-electron chi connectivity index (χ0n) is 19.3. The second kappa shape index (κ2) is 9.07. The Morgan fingerprint density at radius 2 is 1.94 bits per heavy atom. The second-order valence-corrected chi connectivity index (χ2v) is 10.4. The maximum atomic E-state index is 13.0. The molecular formula is C26H26N2O4S2. The molecule has 6 nitrogen and oxygen atoms in total. The third-order valence-corrected chi connectivity index (χ3v) is 8.25. The normalized spacial score (nSPS) is 23.3. The third kappa shape index (κ3) is 3.79. The molecule has 2 aliphatic heterocycles. The number of anilines is 2. The van der Waals surface area contributed by atoms with E-state index in [-0.39, 0.29) is 5.91 Å².